The Kier molecular flexibility index (Phi) is 7.02. The number of carbonyl (C=O) groups is 3. The lowest BCUT2D eigenvalue weighted by Crippen LogP contribution is -2.21. The van der Waals surface area contributed by atoms with Gasteiger partial charge in [0.1, 0.15) is 5.00 Å². The largest absolute Gasteiger partial charge is 0.462 e. The van der Waals surface area contributed by atoms with Crippen LogP contribution in [-0.4, -0.2) is 53.2 Å². The first-order valence-electron chi connectivity index (χ1n) is 8.75. The predicted molar refractivity (Wildman–Crippen MR) is 111 cm³/mol. The van der Waals surface area contributed by atoms with Crippen LogP contribution >= 0.6 is 11.3 Å². The second kappa shape index (κ2) is 9.30. The van der Waals surface area contributed by atoms with Gasteiger partial charge in [-0.2, -0.15) is 0 Å². The van der Waals surface area contributed by atoms with Gasteiger partial charge in [0.2, 0.25) is 0 Å². The van der Waals surface area contributed by atoms with E-state index in [1.54, 1.807) is 6.92 Å². The third kappa shape index (κ3) is 5.01. The molecule has 12 nitrogen and oxygen atoms in total. The van der Waals surface area contributed by atoms with Crippen molar-refractivity contribution in [3.63, 3.8) is 0 Å². The molecule has 1 N–H and O–H groups in total. The summed E-state index contributed by atoms with van der Waals surface area (Å²) in [5.41, 5.74) is -1.39. The van der Waals surface area contributed by atoms with Crippen molar-refractivity contribution in [3.8, 4) is 0 Å². The van der Waals surface area contributed by atoms with E-state index in [1.165, 1.54) is 25.9 Å². The zero-order valence-corrected chi connectivity index (χ0v) is 17.8. The molecule has 1 aromatic heterocycles. The minimum atomic E-state index is -0.928. The molecule has 0 aliphatic carbocycles. The third-order valence-corrected chi connectivity index (χ3v) is 5.24. The molecular weight excluding hydrogens is 432 g/mol. The quantitative estimate of drug-likeness (QED) is 0.382. The van der Waals surface area contributed by atoms with E-state index in [0.29, 0.717) is 5.56 Å². The van der Waals surface area contributed by atoms with Crippen molar-refractivity contribution in [2.75, 3.05) is 26.0 Å². The van der Waals surface area contributed by atoms with E-state index in [4.69, 9.17) is 4.74 Å². The number of ether oxygens (including phenoxy) is 1. The van der Waals surface area contributed by atoms with Crippen LogP contribution < -0.4 is 5.32 Å². The van der Waals surface area contributed by atoms with Crippen molar-refractivity contribution in [1.29, 1.82) is 0 Å². The number of nitrogens with zero attached hydrogens (tertiary/aromatic N) is 3. The zero-order valence-electron chi connectivity index (χ0n) is 17.0. The minimum absolute atomic E-state index is 0.0136. The van der Waals surface area contributed by atoms with Crippen LogP contribution in [0.15, 0.2) is 18.2 Å². The maximum atomic E-state index is 12.7. The van der Waals surface area contributed by atoms with Gasteiger partial charge < -0.3 is 15.0 Å². The highest BCUT2D eigenvalue weighted by atomic mass is 32.1. The van der Waals surface area contributed by atoms with Crippen molar-refractivity contribution in [1.82, 2.24) is 4.90 Å². The summed E-state index contributed by atoms with van der Waals surface area (Å²) in [7, 11) is 3.04. The van der Waals surface area contributed by atoms with E-state index in [0.717, 1.165) is 29.5 Å². The normalized spacial score (nSPS) is 10.3. The van der Waals surface area contributed by atoms with E-state index in [1.807, 2.05) is 0 Å². The molecule has 0 bridgehead atoms. The number of hydrogen-bond donors (Lipinski definition) is 1. The van der Waals surface area contributed by atoms with Gasteiger partial charge in [-0.15, -0.1) is 11.3 Å². The van der Waals surface area contributed by atoms with Gasteiger partial charge in [-0.25, -0.2) is 4.79 Å². The average molecular weight is 450 g/mol. The number of nitrogens with one attached hydrogen (secondary N) is 1. The lowest BCUT2D eigenvalue weighted by Gasteiger charge is -2.09. The number of thiophene rings is 1. The van der Waals surface area contributed by atoms with Crippen molar-refractivity contribution >= 4 is 45.5 Å². The van der Waals surface area contributed by atoms with Crippen molar-refractivity contribution in [2.24, 2.45) is 0 Å². The van der Waals surface area contributed by atoms with E-state index in [2.05, 4.69) is 5.32 Å². The van der Waals surface area contributed by atoms with Gasteiger partial charge in [0.05, 0.1) is 38.5 Å². The van der Waals surface area contributed by atoms with Crippen LogP contribution in [0, 0.1) is 27.2 Å². The molecule has 0 aliphatic rings. The molecule has 31 heavy (non-hydrogen) atoms. The third-order valence-electron chi connectivity index (χ3n) is 4.04. The van der Waals surface area contributed by atoms with Gasteiger partial charge in [-0.3, -0.25) is 29.8 Å². The Hall–Kier alpha value is -3.87. The summed E-state index contributed by atoms with van der Waals surface area (Å²) >= 11 is 0.829. The minimum Gasteiger partial charge on any atom is -0.462 e. The number of amides is 2. The first-order chi connectivity index (χ1) is 14.5. The summed E-state index contributed by atoms with van der Waals surface area (Å²) in [4.78, 5) is 59.5. The Morgan fingerprint density at radius 1 is 1.10 bits per heavy atom. The molecule has 1 aromatic carbocycles. The highest BCUT2D eigenvalue weighted by Crippen LogP contribution is 2.35. The van der Waals surface area contributed by atoms with Gasteiger partial charge >= 0.3 is 5.97 Å². The van der Waals surface area contributed by atoms with Gasteiger partial charge in [0, 0.05) is 26.2 Å². The Balaban J connectivity index is 2.54. The highest BCUT2D eigenvalue weighted by Gasteiger charge is 2.28. The Morgan fingerprint density at radius 3 is 2.10 bits per heavy atom. The lowest BCUT2D eigenvalue weighted by molar-refractivity contribution is -0.394. The molecule has 0 atom stereocenters. The van der Waals surface area contributed by atoms with Crippen LogP contribution in [0.2, 0.25) is 0 Å². The van der Waals surface area contributed by atoms with Crippen molar-refractivity contribution in [3.05, 3.63) is 60.0 Å². The molecule has 0 fully saturated rings. The second-order valence-corrected chi connectivity index (χ2v) is 7.41. The van der Waals surface area contributed by atoms with Gasteiger partial charge in [0.25, 0.3) is 23.2 Å². The number of anilines is 1. The fourth-order valence-electron chi connectivity index (χ4n) is 2.57. The van der Waals surface area contributed by atoms with Crippen LogP contribution in [-0.2, 0) is 4.74 Å². The Bertz CT molecular complexity index is 1060. The summed E-state index contributed by atoms with van der Waals surface area (Å²) in [6.45, 7) is 3.16. The molecule has 0 spiro atoms. The SMILES string of the molecule is CCOC(=O)c1c(NC(=O)c2cc([N+](=O)[O-])cc([N+](=O)[O-])c2)sc(C(=O)N(C)C)c1C. The molecule has 1 heterocycles. The number of nitro groups is 2. The van der Waals surface area contributed by atoms with Gasteiger partial charge in [-0.05, 0) is 19.4 Å². The van der Waals surface area contributed by atoms with Crippen LogP contribution in [0.3, 0.4) is 0 Å². The van der Waals surface area contributed by atoms with Gasteiger partial charge in [-0.1, -0.05) is 0 Å². The number of benzene rings is 1. The molecule has 164 valence electrons. The monoisotopic (exact) mass is 450 g/mol. The molecule has 0 aliphatic heterocycles. The highest BCUT2D eigenvalue weighted by molar-refractivity contribution is 7.18. The predicted octanol–water partition coefficient (Wildman–Crippen LogP) is 3.00. The summed E-state index contributed by atoms with van der Waals surface area (Å²) in [5, 5.41) is 24.5. The fraction of sp³-hybridized carbons (Fsp3) is 0.278. The first kappa shape index (κ1) is 23.4. The summed E-state index contributed by atoms with van der Waals surface area (Å²) < 4.78 is 5.00. The second-order valence-electron chi connectivity index (χ2n) is 6.39. The Labute approximate surface area is 179 Å². The van der Waals surface area contributed by atoms with Crippen LogP contribution in [0.5, 0.6) is 0 Å². The number of esters is 1. The van der Waals surface area contributed by atoms with Crippen molar-refractivity contribution < 1.29 is 29.0 Å². The molecule has 0 unspecified atom stereocenters. The molecule has 13 heteroatoms. The Morgan fingerprint density at radius 2 is 1.65 bits per heavy atom. The summed E-state index contributed by atoms with van der Waals surface area (Å²) in [6, 6.07) is 2.47. The summed E-state index contributed by atoms with van der Waals surface area (Å²) in [5.74, 6) is -2.10. The first-order valence-corrected chi connectivity index (χ1v) is 9.56. The summed E-state index contributed by atoms with van der Waals surface area (Å²) in [6.07, 6.45) is 0. The van der Waals surface area contributed by atoms with E-state index in [9.17, 15) is 34.6 Å². The molecule has 2 aromatic rings. The molecule has 0 saturated carbocycles. The lowest BCUT2D eigenvalue weighted by atomic mass is 10.1. The van der Waals surface area contributed by atoms with Gasteiger partial charge in [0.15, 0.2) is 0 Å². The van der Waals surface area contributed by atoms with Crippen LogP contribution in [0.25, 0.3) is 0 Å². The number of carbonyl (C=O) groups excluding carboxylic acids is 3. The number of nitro benzene ring substituents is 2. The molecule has 0 radical (unpaired) electrons. The van der Waals surface area contributed by atoms with E-state index in [-0.39, 0.29) is 27.6 Å². The topological polar surface area (TPSA) is 162 Å². The average Bonchev–Trinajstić information content (AvgIpc) is 3.02. The fourth-order valence-corrected chi connectivity index (χ4v) is 3.78. The standard InChI is InChI=1S/C18H18N4O8S/c1-5-30-18(25)13-9(2)14(17(24)20(3)4)31-16(13)19-15(23)10-6-11(21(26)27)8-12(7-10)22(28)29/h6-8H,5H2,1-4H3,(H,19,23). The maximum Gasteiger partial charge on any atom is 0.341 e. The zero-order chi connectivity index (χ0) is 23.5. The smallest absolute Gasteiger partial charge is 0.341 e. The number of non-ortho nitro benzene ring substituents is 2. The molecular formula is C18H18N4O8S. The van der Waals surface area contributed by atoms with Crippen LogP contribution in [0.4, 0.5) is 16.4 Å². The molecule has 2 rings (SSSR count). The molecule has 0 saturated heterocycles. The van der Waals surface area contributed by atoms with Crippen LogP contribution in [0.1, 0.15) is 42.9 Å². The number of rotatable bonds is 7. The maximum absolute atomic E-state index is 12.7. The van der Waals surface area contributed by atoms with E-state index >= 15 is 0 Å². The number of hydrogen-bond acceptors (Lipinski definition) is 9. The molecule has 2 amide bonds. The van der Waals surface area contributed by atoms with E-state index < -0.39 is 39.0 Å². The van der Waals surface area contributed by atoms with Crippen molar-refractivity contribution in [2.45, 2.75) is 13.8 Å².